The van der Waals surface area contributed by atoms with Crippen molar-refractivity contribution in [1.82, 2.24) is 5.32 Å². The molecule has 1 N–H and O–H groups in total. The van der Waals surface area contributed by atoms with Crippen molar-refractivity contribution >= 4 is 0 Å². The molecule has 1 heterocycles. The fourth-order valence-corrected chi connectivity index (χ4v) is 2.77. The third-order valence-electron chi connectivity index (χ3n) is 3.59. The van der Waals surface area contributed by atoms with Crippen molar-refractivity contribution in [3.8, 4) is 0 Å². The van der Waals surface area contributed by atoms with E-state index in [-0.39, 0.29) is 0 Å². The minimum atomic E-state index is 0.825. The van der Waals surface area contributed by atoms with Crippen LogP contribution in [0, 0.1) is 5.92 Å². The Balaban J connectivity index is 2.14. The van der Waals surface area contributed by atoms with Gasteiger partial charge in [-0.2, -0.15) is 0 Å². The van der Waals surface area contributed by atoms with Crippen LogP contribution >= 0.6 is 0 Å². The summed E-state index contributed by atoms with van der Waals surface area (Å²) in [6.07, 6.45) is 5.13. The minimum Gasteiger partial charge on any atom is -0.312 e. The Morgan fingerprint density at radius 1 is 1.38 bits per heavy atom. The third-order valence-corrected chi connectivity index (χ3v) is 3.59. The van der Waals surface area contributed by atoms with Crippen molar-refractivity contribution in [3.05, 3.63) is 34.9 Å². The van der Waals surface area contributed by atoms with Crippen LogP contribution in [0.5, 0.6) is 0 Å². The molecular formula is C15H23N. The Hall–Kier alpha value is -0.820. The first-order chi connectivity index (χ1) is 7.81. The van der Waals surface area contributed by atoms with Crippen LogP contribution in [0.3, 0.4) is 0 Å². The van der Waals surface area contributed by atoms with E-state index >= 15 is 0 Å². The summed E-state index contributed by atoms with van der Waals surface area (Å²) in [4.78, 5) is 0. The largest absolute Gasteiger partial charge is 0.312 e. The SMILES string of the molecule is CCCC(C)Cc1cccc2c1CCNC2. The lowest BCUT2D eigenvalue weighted by Crippen LogP contribution is -2.24. The van der Waals surface area contributed by atoms with Crippen molar-refractivity contribution in [3.63, 3.8) is 0 Å². The first-order valence-electron chi connectivity index (χ1n) is 6.61. The molecule has 1 aromatic carbocycles. The van der Waals surface area contributed by atoms with Crippen LogP contribution in [0.25, 0.3) is 0 Å². The van der Waals surface area contributed by atoms with Crippen molar-refractivity contribution in [1.29, 1.82) is 0 Å². The van der Waals surface area contributed by atoms with Gasteiger partial charge in [0.1, 0.15) is 0 Å². The summed E-state index contributed by atoms with van der Waals surface area (Å²) in [5.41, 5.74) is 4.75. The molecule has 2 rings (SSSR count). The van der Waals surface area contributed by atoms with Gasteiger partial charge in [0, 0.05) is 6.54 Å². The Morgan fingerprint density at radius 2 is 2.25 bits per heavy atom. The van der Waals surface area contributed by atoms with E-state index in [2.05, 4.69) is 37.4 Å². The van der Waals surface area contributed by atoms with Crippen LogP contribution in [-0.4, -0.2) is 6.54 Å². The second-order valence-corrected chi connectivity index (χ2v) is 5.08. The molecule has 0 saturated carbocycles. The van der Waals surface area contributed by atoms with Crippen LogP contribution in [-0.2, 0) is 19.4 Å². The summed E-state index contributed by atoms with van der Waals surface area (Å²) in [7, 11) is 0. The average Bonchev–Trinajstić information content (AvgIpc) is 2.30. The number of benzene rings is 1. The lowest BCUT2D eigenvalue weighted by molar-refractivity contribution is 0.517. The van der Waals surface area contributed by atoms with Crippen LogP contribution in [0.1, 0.15) is 43.4 Å². The van der Waals surface area contributed by atoms with Crippen LogP contribution in [0.15, 0.2) is 18.2 Å². The number of hydrogen-bond donors (Lipinski definition) is 1. The highest BCUT2D eigenvalue weighted by Crippen LogP contribution is 2.22. The Bertz CT molecular complexity index is 343. The Labute approximate surface area is 99.3 Å². The predicted octanol–water partition coefficient (Wildman–Crippen LogP) is 3.31. The lowest BCUT2D eigenvalue weighted by atomic mass is 9.89. The summed E-state index contributed by atoms with van der Waals surface area (Å²) in [6, 6.07) is 6.83. The maximum atomic E-state index is 3.45. The van der Waals surface area contributed by atoms with Gasteiger partial charge in [-0.1, -0.05) is 44.9 Å². The zero-order valence-electron chi connectivity index (χ0n) is 10.6. The molecule has 0 amide bonds. The molecule has 0 aromatic heterocycles. The fraction of sp³-hybridized carbons (Fsp3) is 0.600. The average molecular weight is 217 g/mol. The van der Waals surface area contributed by atoms with Gasteiger partial charge in [0.2, 0.25) is 0 Å². The van der Waals surface area contributed by atoms with Gasteiger partial charge >= 0.3 is 0 Å². The van der Waals surface area contributed by atoms with E-state index in [1.54, 1.807) is 11.1 Å². The Morgan fingerprint density at radius 3 is 3.06 bits per heavy atom. The monoisotopic (exact) mass is 217 g/mol. The molecule has 1 nitrogen and oxygen atoms in total. The van der Waals surface area contributed by atoms with E-state index in [1.165, 1.54) is 31.2 Å². The summed E-state index contributed by atoms with van der Waals surface area (Å²) in [5.74, 6) is 0.825. The molecule has 0 radical (unpaired) electrons. The smallest absolute Gasteiger partial charge is 0.0208 e. The lowest BCUT2D eigenvalue weighted by Gasteiger charge is -2.22. The normalized spacial score (nSPS) is 16.9. The molecule has 1 unspecified atom stereocenters. The second-order valence-electron chi connectivity index (χ2n) is 5.08. The standard InChI is InChI=1S/C15H23N/c1-3-5-12(2)10-13-6-4-7-14-11-16-9-8-15(13)14/h4,6-7,12,16H,3,5,8-11H2,1-2H3. The van der Waals surface area contributed by atoms with Crippen molar-refractivity contribution in [2.24, 2.45) is 5.92 Å². The van der Waals surface area contributed by atoms with E-state index in [4.69, 9.17) is 0 Å². The highest BCUT2D eigenvalue weighted by Gasteiger charge is 2.13. The summed E-state index contributed by atoms with van der Waals surface area (Å²) < 4.78 is 0. The molecule has 1 aromatic rings. The molecule has 1 aliphatic heterocycles. The van der Waals surface area contributed by atoms with Gasteiger partial charge in [0.25, 0.3) is 0 Å². The van der Waals surface area contributed by atoms with Gasteiger partial charge in [-0.15, -0.1) is 0 Å². The van der Waals surface area contributed by atoms with E-state index in [0.29, 0.717) is 0 Å². The molecule has 1 heteroatoms. The molecule has 0 aliphatic carbocycles. The second kappa shape index (κ2) is 5.49. The van der Waals surface area contributed by atoms with Crippen molar-refractivity contribution in [2.75, 3.05) is 6.54 Å². The number of nitrogens with one attached hydrogen (secondary N) is 1. The maximum Gasteiger partial charge on any atom is 0.0208 e. The summed E-state index contributed by atoms with van der Waals surface area (Å²) >= 11 is 0. The van der Waals surface area contributed by atoms with Gasteiger partial charge in [-0.3, -0.25) is 0 Å². The quantitative estimate of drug-likeness (QED) is 0.816. The van der Waals surface area contributed by atoms with Gasteiger partial charge in [-0.25, -0.2) is 0 Å². The fourth-order valence-electron chi connectivity index (χ4n) is 2.77. The zero-order valence-corrected chi connectivity index (χ0v) is 10.6. The number of fused-ring (bicyclic) bond motifs is 1. The molecule has 0 saturated heterocycles. The van der Waals surface area contributed by atoms with E-state index < -0.39 is 0 Å². The molecule has 1 aliphatic rings. The van der Waals surface area contributed by atoms with Crippen LogP contribution < -0.4 is 5.32 Å². The molecular weight excluding hydrogens is 194 g/mol. The Kier molecular flexibility index (Phi) is 4.00. The van der Waals surface area contributed by atoms with Crippen molar-refractivity contribution in [2.45, 2.75) is 46.1 Å². The first-order valence-corrected chi connectivity index (χ1v) is 6.61. The maximum absolute atomic E-state index is 3.45. The van der Waals surface area contributed by atoms with E-state index in [9.17, 15) is 0 Å². The first kappa shape index (κ1) is 11.7. The molecule has 0 spiro atoms. The van der Waals surface area contributed by atoms with Gasteiger partial charge in [0.05, 0.1) is 0 Å². The van der Waals surface area contributed by atoms with Crippen LogP contribution in [0.2, 0.25) is 0 Å². The number of hydrogen-bond acceptors (Lipinski definition) is 1. The van der Waals surface area contributed by atoms with Gasteiger partial charge in [-0.05, 0) is 42.0 Å². The third kappa shape index (κ3) is 2.65. The number of rotatable bonds is 4. The van der Waals surface area contributed by atoms with E-state index in [0.717, 1.165) is 19.0 Å². The van der Waals surface area contributed by atoms with Gasteiger partial charge in [0.15, 0.2) is 0 Å². The topological polar surface area (TPSA) is 12.0 Å². The summed E-state index contributed by atoms with van der Waals surface area (Å²) in [6.45, 7) is 6.86. The molecule has 0 bridgehead atoms. The molecule has 0 fully saturated rings. The predicted molar refractivity (Wildman–Crippen MR) is 69.6 cm³/mol. The van der Waals surface area contributed by atoms with E-state index in [1.807, 2.05) is 0 Å². The minimum absolute atomic E-state index is 0.825. The highest BCUT2D eigenvalue weighted by atomic mass is 14.9. The molecule has 1 atom stereocenters. The molecule has 88 valence electrons. The highest BCUT2D eigenvalue weighted by molar-refractivity contribution is 5.37. The molecule has 16 heavy (non-hydrogen) atoms. The zero-order chi connectivity index (χ0) is 11.4. The summed E-state index contributed by atoms with van der Waals surface area (Å²) in [5, 5.41) is 3.45. The van der Waals surface area contributed by atoms with Gasteiger partial charge < -0.3 is 5.32 Å². The van der Waals surface area contributed by atoms with Crippen LogP contribution in [0.4, 0.5) is 0 Å². The van der Waals surface area contributed by atoms with Crippen molar-refractivity contribution < 1.29 is 0 Å².